The number of aryl methyl sites for hydroxylation is 1. The van der Waals surface area contributed by atoms with Gasteiger partial charge in [-0.05, 0) is 67.3 Å². The number of amides is 1. The number of aromatic carboxylic acids is 1. The average Bonchev–Trinajstić information content (AvgIpc) is 2.98. The molecule has 0 unspecified atom stereocenters. The molecule has 0 aliphatic heterocycles. The predicted octanol–water partition coefficient (Wildman–Crippen LogP) is 6.78. The molecule has 0 radical (unpaired) electrons. The van der Waals surface area contributed by atoms with Crippen molar-refractivity contribution in [2.24, 2.45) is 0 Å². The minimum Gasteiger partial charge on any atom is -0.496 e. The Morgan fingerprint density at radius 2 is 1.40 bits per heavy atom. The number of carboxylic acids is 1. The van der Waals surface area contributed by atoms with Crippen LogP contribution < -0.4 is 14.2 Å². The smallest absolute Gasteiger partial charge is 0.339 e. The highest BCUT2D eigenvalue weighted by molar-refractivity contribution is 5.95. The van der Waals surface area contributed by atoms with Gasteiger partial charge in [0.25, 0.3) is 5.91 Å². The van der Waals surface area contributed by atoms with Crippen LogP contribution in [0.2, 0.25) is 0 Å². The van der Waals surface area contributed by atoms with E-state index in [9.17, 15) is 14.7 Å². The summed E-state index contributed by atoms with van der Waals surface area (Å²) in [4.78, 5) is 27.1. The first-order chi connectivity index (χ1) is 19.4. The lowest BCUT2D eigenvalue weighted by Crippen LogP contribution is -2.32. The Morgan fingerprint density at radius 1 is 0.775 bits per heavy atom. The Labute approximate surface area is 234 Å². The summed E-state index contributed by atoms with van der Waals surface area (Å²) in [6.07, 6.45) is 1.64. The number of carbonyl (C=O) groups excluding carboxylic acids is 1. The van der Waals surface area contributed by atoms with Gasteiger partial charge in [0.15, 0.2) is 0 Å². The van der Waals surface area contributed by atoms with Crippen molar-refractivity contribution in [3.8, 4) is 23.0 Å². The molecule has 4 aromatic rings. The maximum atomic E-state index is 13.8. The first-order valence-corrected chi connectivity index (χ1v) is 13.0. The van der Waals surface area contributed by atoms with Gasteiger partial charge in [-0.15, -0.1) is 0 Å². The van der Waals surface area contributed by atoms with E-state index in [-0.39, 0.29) is 17.2 Å². The largest absolute Gasteiger partial charge is 0.496 e. The fourth-order valence-electron chi connectivity index (χ4n) is 4.51. The summed E-state index contributed by atoms with van der Waals surface area (Å²) in [6.45, 7) is 2.83. The molecule has 0 aromatic heterocycles. The second kappa shape index (κ2) is 13.3. The number of para-hydroxylation sites is 1. The molecule has 4 aromatic carbocycles. The van der Waals surface area contributed by atoms with Gasteiger partial charge < -0.3 is 24.2 Å². The lowest BCUT2D eigenvalue weighted by atomic mass is 10.1. The predicted molar refractivity (Wildman–Crippen MR) is 154 cm³/mol. The number of benzene rings is 4. The maximum Gasteiger partial charge on any atom is 0.339 e. The third kappa shape index (κ3) is 6.99. The normalized spacial score (nSPS) is 10.6. The average molecular weight is 540 g/mol. The Morgan fingerprint density at radius 3 is 2.02 bits per heavy atom. The molecule has 0 saturated heterocycles. The Hall–Kier alpha value is -4.78. The minimum atomic E-state index is -1.05. The molecular formula is C33H33NO6. The molecule has 7 heteroatoms. The molecule has 0 fully saturated rings. The number of carbonyl (C=O) groups is 2. The van der Waals surface area contributed by atoms with Crippen molar-refractivity contribution in [3.05, 3.63) is 119 Å². The van der Waals surface area contributed by atoms with E-state index in [0.717, 1.165) is 24.0 Å². The van der Waals surface area contributed by atoms with Crippen LogP contribution in [0, 0.1) is 6.92 Å². The van der Waals surface area contributed by atoms with Crippen LogP contribution in [-0.2, 0) is 13.0 Å². The maximum absolute atomic E-state index is 13.8. The highest BCUT2D eigenvalue weighted by Gasteiger charge is 2.20. The van der Waals surface area contributed by atoms with Crippen molar-refractivity contribution in [1.82, 2.24) is 4.90 Å². The zero-order chi connectivity index (χ0) is 28.5. The first kappa shape index (κ1) is 28.2. The van der Waals surface area contributed by atoms with Crippen LogP contribution in [0.4, 0.5) is 0 Å². The van der Waals surface area contributed by atoms with Crippen molar-refractivity contribution < 1.29 is 28.9 Å². The summed E-state index contributed by atoms with van der Waals surface area (Å²) in [6, 6.07) is 27.5. The zero-order valence-electron chi connectivity index (χ0n) is 22.9. The van der Waals surface area contributed by atoms with Crippen molar-refractivity contribution in [2.45, 2.75) is 26.3 Å². The van der Waals surface area contributed by atoms with Gasteiger partial charge >= 0.3 is 5.97 Å². The topological polar surface area (TPSA) is 85.3 Å². The van der Waals surface area contributed by atoms with Crippen molar-refractivity contribution >= 4 is 11.9 Å². The molecule has 0 saturated carbocycles. The molecule has 0 bridgehead atoms. The third-order valence-corrected chi connectivity index (χ3v) is 6.66. The number of rotatable bonds is 12. The Kier molecular flexibility index (Phi) is 9.41. The third-order valence-electron chi connectivity index (χ3n) is 6.66. The van der Waals surface area contributed by atoms with Crippen molar-refractivity contribution in [2.75, 3.05) is 20.8 Å². The summed E-state index contributed by atoms with van der Waals surface area (Å²) in [5.41, 5.74) is 3.54. The van der Waals surface area contributed by atoms with Crippen LogP contribution in [0.1, 0.15) is 43.8 Å². The molecule has 1 N–H and O–H groups in total. The van der Waals surface area contributed by atoms with Gasteiger partial charge in [-0.2, -0.15) is 0 Å². The van der Waals surface area contributed by atoms with Crippen LogP contribution in [0.5, 0.6) is 23.0 Å². The van der Waals surface area contributed by atoms with E-state index in [4.69, 9.17) is 14.2 Å². The highest BCUT2D eigenvalue weighted by Crippen LogP contribution is 2.31. The van der Waals surface area contributed by atoms with Gasteiger partial charge in [-0.3, -0.25) is 4.79 Å². The van der Waals surface area contributed by atoms with Crippen LogP contribution in [0.3, 0.4) is 0 Å². The van der Waals surface area contributed by atoms with E-state index in [1.807, 2.05) is 42.2 Å². The standard InChI is InChI=1S/C33H33NO6/c1-23-30(38-2)20-26(21-31(23)39-3)32(35)34(19-9-12-24-10-5-4-6-11-24)22-25-15-17-27(18-16-25)40-29-14-8-7-13-28(29)33(36)37/h4-8,10-11,13-18,20-21H,9,12,19,22H2,1-3H3,(H,36,37). The van der Waals surface area contributed by atoms with Gasteiger partial charge in [0, 0.05) is 24.2 Å². The molecule has 0 aliphatic carbocycles. The molecule has 4 rings (SSSR count). The minimum absolute atomic E-state index is 0.0886. The second-order valence-corrected chi connectivity index (χ2v) is 9.37. The van der Waals surface area contributed by atoms with Gasteiger partial charge in [-0.25, -0.2) is 4.79 Å². The highest BCUT2D eigenvalue weighted by atomic mass is 16.5. The second-order valence-electron chi connectivity index (χ2n) is 9.37. The van der Waals surface area contributed by atoms with Gasteiger partial charge in [0.05, 0.1) is 14.2 Å². The summed E-state index contributed by atoms with van der Waals surface area (Å²) in [5.74, 6) is 0.780. The molecule has 0 spiro atoms. The van der Waals surface area contributed by atoms with Gasteiger partial charge in [-0.1, -0.05) is 54.6 Å². The SMILES string of the molecule is COc1cc(C(=O)N(CCCc2ccccc2)Cc2ccc(Oc3ccccc3C(=O)O)cc2)cc(OC)c1C. The number of ether oxygens (including phenoxy) is 3. The van der Waals surface area contributed by atoms with Gasteiger partial charge in [0.1, 0.15) is 28.6 Å². The molecule has 0 aliphatic rings. The molecule has 40 heavy (non-hydrogen) atoms. The molecular weight excluding hydrogens is 506 g/mol. The Balaban J connectivity index is 1.54. The molecule has 0 atom stereocenters. The molecule has 1 amide bonds. The Bertz CT molecular complexity index is 1420. The lowest BCUT2D eigenvalue weighted by molar-refractivity contribution is 0.0692. The van der Waals surface area contributed by atoms with Gasteiger partial charge in [0.2, 0.25) is 0 Å². The number of hydrogen-bond donors (Lipinski definition) is 1. The molecule has 0 heterocycles. The summed E-state index contributed by atoms with van der Waals surface area (Å²) < 4.78 is 16.8. The number of nitrogens with zero attached hydrogens (tertiary/aromatic N) is 1. The van der Waals surface area contributed by atoms with Crippen molar-refractivity contribution in [1.29, 1.82) is 0 Å². The molecule has 7 nitrogen and oxygen atoms in total. The monoisotopic (exact) mass is 539 g/mol. The summed E-state index contributed by atoms with van der Waals surface area (Å²) in [7, 11) is 3.15. The van der Waals surface area contributed by atoms with E-state index in [0.29, 0.717) is 35.9 Å². The van der Waals surface area contributed by atoms with Crippen LogP contribution in [-0.4, -0.2) is 42.6 Å². The fourth-order valence-corrected chi connectivity index (χ4v) is 4.51. The van der Waals surface area contributed by atoms with Crippen LogP contribution in [0.15, 0.2) is 91.0 Å². The van der Waals surface area contributed by atoms with E-state index in [1.54, 1.807) is 56.7 Å². The number of hydrogen-bond acceptors (Lipinski definition) is 5. The first-order valence-electron chi connectivity index (χ1n) is 13.0. The summed E-state index contributed by atoms with van der Waals surface area (Å²) >= 11 is 0. The van der Waals surface area contributed by atoms with E-state index in [1.165, 1.54) is 11.6 Å². The van der Waals surface area contributed by atoms with Crippen LogP contribution >= 0.6 is 0 Å². The zero-order valence-corrected chi connectivity index (χ0v) is 22.9. The van der Waals surface area contributed by atoms with E-state index in [2.05, 4.69) is 12.1 Å². The van der Waals surface area contributed by atoms with Crippen LogP contribution in [0.25, 0.3) is 0 Å². The number of methoxy groups -OCH3 is 2. The fraction of sp³-hybridized carbons (Fsp3) is 0.212. The molecule has 206 valence electrons. The van der Waals surface area contributed by atoms with E-state index >= 15 is 0 Å². The quantitative estimate of drug-likeness (QED) is 0.214. The number of carboxylic acid groups (broad SMARTS) is 1. The lowest BCUT2D eigenvalue weighted by Gasteiger charge is -2.24. The van der Waals surface area contributed by atoms with E-state index < -0.39 is 5.97 Å². The van der Waals surface area contributed by atoms with Crippen molar-refractivity contribution in [3.63, 3.8) is 0 Å². The summed E-state index contributed by atoms with van der Waals surface area (Å²) in [5, 5.41) is 9.42.